The summed E-state index contributed by atoms with van der Waals surface area (Å²) in [5.74, 6) is 0.564. The van der Waals surface area contributed by atoms with Gasteiger partial charge in [-0.25, -0.2) is 0 Å². The molecule has 3 N–H and O–H groups in total. The van der Waals surface area contributed by atoms with E-state index in [0.29, 0.717) is 12.0 Å². The molecule has 1 saturated carbocycles. The summed E-state index contributed by atoms with van der Waals surface area (Å²) in [5, 5.41) is 24.4. The Morgan fingerprint density at radius 2 is 1.20 bits per heavy atom. The van der Waals surface area contributed by atoms with Crippen LogP contribution in [0.4, 0.5) is 0 Å². The average molecular weight is 578 g/mol. The zero-order valence-corrected chi connectivity index (χ0v) is 27.5. The van der Waals surface area contributed by atoms with Crippen molar-refractivity contribution in [2.75, 3.05) is 13.1 Å². The molecule has 0 unspecified atom stereocenters. The second-order valence-electron chi connectivity index (χ2n) is 13.6. The van der Waals surface area contributed by atoms with Crippen molar-refractivity contribution < 1.29 is 14.9 Å². The summed E-state index contributed by atoms with van der Waals surface area (Å²) < 4.78 is 6.34. The minimum absolute atomic E-state index is 0.146. The molecule has 41 heavy (non-hydrogen) atoms. The molecule has 242 valence electrons. The fourth-order valence-electron chi connectivity index (χ4n) is 7.13. The van der Waals surface area contributed by atoms with E-state index in [1.165, 1.54) is 135 Å². The number of aliphatic hydroxyl groups is 2. The molecule has 6 atom stereocenters. The quantitative estimate of drug-likeness (QED) is 0.0640. The highest BCUT2D eigenvalue weighted by Gasteiger charge is 2.47. The van der Waals surface area contributed by atoms with Gasteiger partial charge in [-0.3, -0.25) is 0 Å². The van der Waals surface area contributed by atoms with E-state index in [2.05, 4.69) is 25.2 Å². The number of fused-ring (bicyclic) bond motifs is 1. The van der Waals surface area contributed by atoms with Gasteiger partial charge in [0, 0.05) is 12.3 Å². The maximum Gasteiger partial charge on any atom is 0.0721 e. The monoisotopic (exact) mass is 578 g/mol. The number of ether oxygens (including phenoxy) is 1. The summed E-state index contributed by atoms with van der Waals surface area (Å²) >= 11 is 0. The average Bonchev–Trinajstić information content (AvgIpc) is 3.48. The molecule has 0 aromatic carbocycles. The summed E-state index contributed by atoms with van der Waals surface area (Å²) in [7, 11) is 0. The predicted molar refractivity (Wildman–Crippen MR) is 176 cm³/mol. The van der Waals surface area contributed by atoms with Gasteiger partial charge < -0.3 is 20.3 Å². The van der Waals surface area contributed by atoms with Crippen LogP contribution in [0.5, 0.6) is 0 Å². The molecule has 0 spiro atoms. The topological polar surface area (TPSA) is 61.7 Å². The lowest BCUT2D eigenvalue weighted by molar-refractivity contribution is 0.0233. The molecule has 0 aromatic rings. The Hall–Kier alpha value is -0.420. The SMILES string of the molecule is CCCCCCCCCCCCCCCCCCNCCCC[C@H]1C[C@@H]2[C@@H](/C=C/[C@@H](O)CCCCC)[C@H](O)C[C@@H]2O1. The van der Waals surface area contributed by atoms with E-state index in [9.17, 15) is 10.2 Å². The molecular weight excluding hydrogens is 506 g/mol. The van der Waals surface area contributed by atoms with E-state index >= 15 is 0 Å². The Morgan fingerprint density at radius 3 is 1.78 bits per heavy atom. The first-order valence-electron chi connectivity index (χ1n) is 18.6. The van der Waals surface area contributed by atoms with Gasteiger partial charge >= 0.3 is 0 Å². The standard InChI is InChI=1S/C37H71NO3/c1-3-5-7-8-9-10-11-12-13-14-15-16-17-18-19-22-28-38-29-23-21-25-33-30-35-34(36(40)31-37(35)41-33)27-26-32(39)24-20-6-4-2/h26-27,32-40H,3-25,28-31H2,1-2H3/b27-26+/t32-,33-,34+,35+,36+,37-/m0/s1. The maximum atomic E-state index is 10.5. The van der Waals surface area contributed by atoms with Gasteiger partial charge in [-0.05, 0) is 57.5 Å². The van der Waals surface area contributed by atoms with Gasteiger partial charge in [-0.1, -0.05) is 142 Å². The zero-order chi connectivity index (χ0) is 29.4. The Balaban J connectivity index is 1.34. The lowest BCUT2D eigenvalue weighted by Gasteiger charge is -2.18. The van der Waals surface area contributed by atoms with Crippen LogP contribution in [-0.4, -0.2) is 47.7 Å². The van der Waals surface area contributed by atoms with Crippen LogP contribution >= 0.6 is 0 Å². The Bertz CT molecular complexity index is 611. The van der Waals surface area contributed by atoms with Crippen molar-refractivity contribution in [2.24, 2.45) is 11.8 Å². The number of nitrogens with one attached hydrogen (secondary N) is 1. The highest BCUT2D eigenvalue weighted by atomic mass is 16.5. The zero-order valence-electron chi connectivity index (χ0n) is 27.5. The van der Waals surface area contributed by atoms with Crippen molar-refractivity contribution in [3.05, 3.63) is 12.2 Å². The fraction of sp³-hybridized carbons (Fsp3) is 0.946. The molecule has 0 bridgehead atoms. The Morgan fingerprint density at radius 1 is 0.683 bits per heavy atom. The number of unbranched alkanes of at least 4 members (excludes halogenated alkanes) is 18. The molecule has 1 aliphatic carbocycles. The molecule has 4 heteroatoms. The number of aliphatic hydroxyl groups excluding tert-OH is 2. The van der Waals surface area contributed by atoms with Crippen molar-refractivity contribution in [3.63, 3.8) is 0 Å². The summed E-state index contributed by atoms with van der Waals surface area (Å²) in [6, 6.07) is 0. The van der Waals surface area contributed by atoms with Gasteiger partial charge in [0.05, 0.1) is 24.4 Å². The fourth-order valence-corrected chi connectivity index (χ4v) is 7.13. The van der Waals surface area contributed by atoms with Gasteiger partial charge in [0.2, 0.25) is 0 Å². The van der Waals surface area contributed by atoms with Crippen LogP contribution in [0.2, 0.25) is 0 Å². The highest BCUT2D eigenvalue weighted by molar-refractivity contribution is 5.07. The minimum atomic E-state index is -0.377. The normalized spacial score (nSPS) is 24.9. The molecule has 1 saturated heterocycles. The Labute approximate surface area is 255 Å². The molecule has 4 nitrogen and oxygen atoms in total. The molecule has 2 fully saturated rings. The van der Waals surface area contributed by atoms with Crippen molar-refractivity contribution >= 4 is 0 Å². The second-order valence-corrected chi connectivity index (χ2v) is 13.6. The van der Waals surface area contributed by atoms with Crippen LogP contribution in [0.3, 0.4) is 0 Å². The molecule has 2 rings (SSSR count). The molecular formula is C37H71NO3. The third-order valence-electron chi connectivity index (χ3n) is 9.79. The van der Waals surface area contributed by atoms with Gasteiger partial charge in [-0.15, -0.1) is 0 Å². The lowest BCUT2D eigenvalue weighted by atomic mass is 9.89. The van der Waals surface area contributed by atoms with Gasteiger partial charge in [0.25, 0.3) is 0 Å². The number of hydrogen-bond acceptors (Lipinski definition) is 4. The van der Waals surface area contributed by atoms with Crippen molar-refractivity contribution in [1.29, 1.82) is 0 Å². The second kappa shape index (κ2) is 25.0. The van der Waals surface area contributed by atoms with E-state index in [1.54, 1.807) is 0 Å². The summed E-state index contributed by atoms with van der Waals surface area (Å²) in [6.45, 7) is 6.77. The molecule has 0 aromatic heterocycles. The van der Waals surface area contributed by atoms with Gasteiger partial charge in [-0.2, -0.15) is 0 Å². The summed E-state index contributed by atoms with van der Waals surface area (Å²) in [6.07, 6.45) is 36.4. The van der Waals surface area contributed by atoms with E-state index in [-0.39, 0.29) is 24.2 Å². The van der Waals surface area contributed by atoms with E-state index in [0.717, 1.165) is 38.6 Å². The van der Waals surface area contributed by atoms with Crippen LogP contribution < -0.4 is 5.32 Å². The highest BCUT2D eigenvalue weighted by Crippen LogP contribution is 2.45. The molecule has 0 amide bonds. The van der Waals surface area contributed by atoms with Crippen LogP contribution in [0.15, 0.2) is 12.2 Å². The van der Waals surface area contributed by atoms with E-state index < -0.39 is 0 Å². The predicted octanol–water partition coefficient (Wildman–Crippen LogP) is 9.66. The molecule has 1 aliphatic heterocycles. The molecule has 2 aliphatic rings. The van der Waals surface area contributed by atoms with Crippen LogP contribution in [0.1, 0.15) is 174 Å². The van der Waals surface area contributed by atoms with Crippen LogP contribution in [0.25, 0.3) is 0 Å². The van der Waals surface area contributed by atoms with Crippen molar-refractivity contribution in [3.8, 4) is 0 Å². The van der Waals surface area contributed by atoms with Crippen molar-refractivity contribution in [1.82, 2.24) is 5.32 Å². The maximum absolute atomic E-state index is 10.5. The molecule has 1 heterocycles. The molecule has 0 radical (unpaired) electrons. The van der Waals surface area contributed by atoms with Crippen LogP contribution in [-0.2, 0) is 4.74 Å². The van der Waals surface area contributed by atoms with E-state index in [1.807, 2.05) is 6.08 Å². The smallest absolute Gasteiger partial charge is 0.0721 e. The first-order chi connectivity index (χ1) is 20.2. The lowest BCUT2D eigenvalue weighted by Crippen LogP contribution is -2.20. The van der Waals surface area contributed by atoms with Crippen LogP contribution in [0, 0.1) is 11.8 Å². The van der Waals surface area contributed by atoms with Gasteiger partial charge in [0.1, 0.15) is 0 Å². The first kappa shape index (κ1) is 36.8. The summed E-state index contributed by atoms with van der Waals surface area (Å²) in [5.41, 5.74) is 0. The summed E-state index contributed by atoms with van der Waals surface area (Å²) in [4.78, 5) is 0. The first-order valence-corrected chi connectivity index (χ1v) is 18.6. The van der Waals surface area contributed by atoms with Gasteiger partial charge in [0.15, 0.2) is 0 Å². The number of hydrogen-bond donors (Lipinski definition) is 3. The number of rotatable bonds is 28. The Kier molecular flexibility index (Phi) is 22.4. The minimum Gasteiger partial charge on any atom is -0.392 e. The third-order valence-corrected chi connectivity index (χ3v) is 9.79. The van der Waals surface area contributed by atoms with Crippen molar-refractivity contribution in [2.45, 2.75) is 199 Å². The third kappa shape index (κ3) is 17.5. The largest absolute Gasteiger partial charge is 0.392 e. The van der Waals surface area contributed by atoms with E-state index in [4.69, 9.17) is 4.74 Å².